The lowest BCUT2D eigenvalue weighted by molar-refractivity contribution is -0.137. The summed E-state index contributed by atoms with van der Waals surface area (Å²) in [4.78, 5) is 15.1. The number of nitrogens with zero attached hydrogens (tertiary/aromatic N) is 2. The number of aryl methyl sites for hydroxylation is 1. The minimum Gasteiger partial charge on any atom is -0.439 e. The van der Waals surface area contributed by atoms with E-state index in [4.69, 9.17) is 4.74 Å². The van der Waals surface area contributed by atoms with Crippen molar-refractivity contribution in [2.75, 3.05) is 0 Å². The average Bonchev–Trinajstić information content (AvgIpc) is 2.53. The van der Waals surface area contributed by atoms with Gasteiger partial charge in [-0.05, 0) is 43.2 Å². The zero-order chi connectivity index (χ0) is 18.2. The molecule has 1 amide bonds. The molecule has 130 valence electrons. The van der Waals surface area contributed by atoms with Gasteiger partial charge in [-0.15, -0.1) is 0 Å². The first kappa shape index (κ1) is 16.9. The van der Waals surface area contributed by atoms with Gasteiger partial charge >= 0.3 is 12.3 Å². The Kier molecular flexibility index (Phi) is 4.20. The summed E-state index contributed by atoms with van der Waals surface area (Å²) < 4.78 is 45.7. The first-order valence-corrected chi connectivity index (χ1v) is 7.44. The number of amides is 1. The van der Waals surface area contributed by atoms with E-state index in [-0.39, 0.29) is 16.8 Å². The van der Waals surface area contributed by atoms with Crippen molar-refractivity contribution in [2.45, 2.75) is 26.1 Å². The Bertz CT molecular complexity index is 862. The van der Waals surface area contributed by atoms with Crippen LogP contribution in [-0.4, -0.2) is 22.9 Å². The molecule has 0 unspecified atom stereocenters. The normalized spacial score (nSPS) is 17.6. The highest BCUT2D eigenvalue weighted by atomic mass is 19.4. The zero-order valence-corrected chi connectivity index (χ0v) is 13.4. The predicted molar refractivity (Wildman–Crippen MR) is 85.0 cm³/mol. The van der Waals surface area contributed by atoms with Crippen molar-refractivity contribution in [3.8, 4) is 11.1 Å². The van der Waals surface area contributed by atoms with Gasteiger partial charge in [0.05, 0.1) is 5.56 Å². The van der Waals surface area contributed by atoms with E-state index in [0.717, 1.165) is 6.07 Å². The summed E-state index contributed by atoms with van der Waals surface area (Å²) in [5.41, 5.74) is 2.87. The highest BCUT2D eigenvalue weighted by Crippen LogP contribution is 2.38. The number of hydrogen-bond acceptors (Lipinski definition) is 4. The first-order valence-electron chi connectivity index (χ1n) is 7.44. The number of cyclic esters (lactones) is 1. The second-order valence-corrected chi connectivity index (χ2v) is 5.60. The average molecular weight is 349 g/mol. The van der Waals surface area contributed by atoms with Crippen LogP contribution in [0.3, 0.4) is 0 Å². The van der Waals surface area contributed by atoms with Gasteiger partial charge in [0.25, 0.3) is 0 Å². The van der Waals surface area contributed by atoms with Crippen molar-refractivity contribution < 1.29 is 22.7 Å². The molecular formula is C17H14F3N3O2. The molecule has 2 aromatic rings. The highest BCUT2D eigenvalue weighted by molar-refractivity contribution is 6.06. The molecule has 0 bridgehead atoms. The van der Waals surface area contributed by atoms with Crippen LogP contribution in [0.15, 0.2) is 41.6 Å². The van der Waals surface area contributed by atoms with E-state index in [9.17, 15) is 18.0 Å². The summed E-state index contributed by atoms with van der Waals surface area (Å²) >= 11 is 0. The zero-order valence-electron chi connectivity index (χ0n) is 13.4. The molecule has 0 spiro atoms. The summed E-state index contributed by atoms with van der Waals surface area (Å²) in [6.07, 6.45) is -4.57. The second kappa shape index (κ2) is 6.19. The van der Waals surface area contributed by atoms with Crippen molar-refractivity contribution in [1.29, 1.82) is 0 Å². The van der Waals surface area contributed by atoms with E-state index >= 15 is 0 Å². The summed E-state index contributed by atoms with van der Waals surface area (Å²) in [5.74, 6) is 0. The van der Waals surface area contributed by atoms with Crippen LogP contribution in [0.4, 0.5) is 18.0 Å². The molecular weight excluding hydrogens is 335 g/mol. The lowest BCUT2D eigenvalue weighted by Crippen LogP contribution is -2.37. The van der Waals surface area contributed by atoms with Gasteiger partial charge in [-0.3, -0.25) is 4.98 Å². The molecule has 1 N–H and O–H groups in total. The Morgan fingerprint density at radius 3 is 2.56 bits per heavy atom. The number of hydrogen-bond donors (Lipinski definition) is 1. The van der Waals surface area contributed by atoms with Crippen molar-refractivity contribution in [2.24, 2.45) is 5.10 Å². The third-order valence-electron chi connectivity index (χ3n) is 3.76. The van der Waals surface area contributed by atoms with Crippen LogP contribution in [0.5, 0.6) is 0 Å². The van der Waals surface area contributed by atoms with E-state index in [2.05, 4.69) is 15.5 Å². The predicted octanol–water partition coefficient (Wildman–Crippen LogP) is 3.91. The number of nitrogens with one attached hydrogen (secondary N) is 1. The van der Waals surface area contributed by atoms with Gasteiger partial charge in [-0.1, -0.05) is 12.1 Å². The number of carbonyl (C=O) groups excluding carboxylic acids is 1. The number of alkyl halides is 3. The fourth-order valence-corrected chi connectivity index (χ4v) is 2.64. The Morgan fingerprint density at radius 2 is 1.92 bits per heavy atom. The molecule has 1 aromatic carbocycles. The minimum atomic E-state index is -4.55. The van der Waals surface area contributed by atoms with E-state index in [1.54, 1.807) is 19.9 Å². The van der Waals surface area contributed by atoms with Crippen LogP contribution in [0.25, 0.3) is 11.1 Å². The van der Waals surface area contributed by atoms with Crippen LogP contribution in [-0.2, 0) is 10.9 Å². The van der Waals surface area contributed by atoms with E-state index in [1.165, 1.54) is 24.4 Å². The van der Waals surface area contributed by atoms with Crippen molar-refractivity contribution in [1.82, 2.24) is 10.4 Å². The van der Waals surface area contributed by atoms with Crippen LogP contribution in [0, 0.1) is 6.92 Å². The molecule has 8 heteroatoms. The Labute approximate surface area is 141 Å². The van der Waals surface area contributed by atoms with Crippen molar-refractivity contribution in [3.63, 3.8) is 0 Å². The number of rotatable bonds is 2. The van der Waals surface area contributed by atoms with Crippen LogP contribution >= 0.6 is 0 Å². The van der Waals surface area contributed by atoms with Gasteiger partial charge in [0, 0.05) is 17.5 Å². The van der Waals surface area contributed by atoms with Gasteiger partial charge in [-0.2, -0.15) is 18.3 Å². The second-order valence-electron chi connectivity index (χ2n) is 5.60. The quantitative estimate of drug-likeness (QED) is 0.894. The molecule has 0 radical (unpaired) electrons. The largest absolute Gasteiger partial charge is 0.439 e. The van der Waals surface area contributed by atoms with Crippen LogP contribution in [0.2, 0.25) is 0 Å². The molecule has 3 rings (SSSR count). The highest BCUT2D eigenvalue weighted by Gasteiger charge is 2.35. The Hall–Kier alpha value is -2.90. The molecule has 0 saturated heterocycles. The van der Waals surface area contributed by atoms with Gasteiger partial charge in [0.2, 0.25) is 0 Å². The molecule has 1 aliphatic rings. The van der Waals surface area contributed by atoms with Crippen LogP contribution in [0.1, 0.15) is 23.7 Å². The van der Waals surface area contributed by atoms with E-state index in [0.29, 0.717) is 11.3 Å². The maximum absolute atomic E-state index is 13.6. The maximum atomic E-state index is 13.6. The molecule has 5 nitrogen and oxygen atoms in total. The fourth-order valence-electron chi connectivity index (χ4n) is 2.64. The number of carbonyl (C=O) groups is 1. The molecule has 0 saturated carbocycles. The minimum absolute atomic E-state index is 0.0516. The van der Waals surface area contributed by atoms with Gasteiger partial charge in [0.1, 0.15) is 11.8 Å². The van der Waals surface area contributed by atoms with Crippen LogP contribution < -0.4 is 5.43 Å². The summed E-state index contributed by atoms with van der Waals surface area (Å²) in [6, 6.07) is 7.05. The Morgan fingerprint density at radius 1 is 1.16 bits per heavy atom. The lowest BCUT2D eigenvalue weighted by atomic mass is 9.94. The smallest absolute Gasteiger partial charge is 0.428 e. The molecule has 0 aliphatic carbocycles. The fraction of sp³-hybridized carbons (Fsp3) is 0.235. The number of benzene rings is 1. The summed E-state index contributed by atoms with van der Waals surface area (Å²) in [7, 11) is 0. The van der Waals surface area contributed by atoms with Gasteiger partial charge < -0.3 is 4.74 Å². The third kappa shape index (κ3) is 3.47. The molecule has 1 aliphatic heterocycles. The van der Waals surface area contributed by atoms with Gasteiger partial charge in [0.15, 0.2) is 0 Å². The number of hydrazone groups is 1. The number of ether oxygens (including phenoxy) is 1. The van der Waals surface area contributed by atoms with Crippen molar-refractivity contribution >= 4 is 11.8 Å². The molecule has 25 heavy (non-hydrogen) atoms. The first-order chi connectivity index (χ1) is 11.8. The number of aromatic nitrogens is 1. The topological polar surface area (TPSA) is 63.6 Å². The van der Waals surface area contributed by atoms with E-state index < -0.39 is 23.9 Å². The number of pyridine rings is 1. The number of halogens is 3. The molecule has 0 fully saturated rings. The Balaban J connectivity index is 2.12. The standard InChI is InChI=1S/C17H14F3N3O2/c1-9-7-11(5-6-21-9)13-4-3-12(8-14(13)17(18,19)20)15-10(2)25-16(24)23-22-15/h3-8,10H,1-2H3,(H,23,24)/t10-/m0/s1. The summed E-state index contributed by atoms with van der Waals surface area (Å²) in [6.45, 7) is 3.26. The van der Waals surface area contributed by atoms with E-state index in [1.807, 2.05) is 0 Å². The lowest BCUT2D eigenvalue weighted by Gasteiger charge is -2.22. The summed E-state index contributed by atoms with van der Waals surface area (Å²) in [5, 5.41) is 3.82. The van der Waals surface area contributed by atoms with Crippen molar-refractivity contribution in [3.05, 3.63) is 53.3 Å². The third-order valence-corrected chi connectivity index (χ3v) is 3.76. The molecule has 1 aromatic heterocycles. The SMILES string of the molecule is Cc1cc(-c2ccc(C3=NNC(=O)O[C@H]3C)cc2C(F)(F)F)ccn1. The monoisotopic (exact) mass is 349 g/mol. The van der Waals surface area contributed by atoms with Gasteiger partial charge in [-0.25, -0.2) is 10.2 Å². The molecule has 1 atom stereocenters. The maximum Gasteiger partial charge on any atom is 0.428 e. The molecule has 2 heterocycles.